The average molecular weight is 274 g/mol. The molecule has 20 heavy (non-hydrogen) atoms. The monoisotopic (exact) mass is 274 g/mol. The minimum atomic E-state index is -0.390. The van der Waals surface area contributed by atoms with Crippen molar-refractivity contribution >= 4 is 11.6 Å². The van der Waals surface area contributed by atoms with Crippen molar-refractivity contribution in [2.45, 2.75) is 58.4 Å². The van der Waals surface area contributed by atoms with Gasteiger partial charge in [0.2, 0.25) is 5.91 Å². The number of carbonyl (C=O) groups excluding carboxylic acids is 1. The first-order valence-electron chi connectivity index (χ1n) is 7.70. The van der Waals surface area contributed by atoms with E-state index in [1.54, 1.807) is 0 Å². The Morgan fingerprint density at radius 1 is 1.30 bits per heavy atom. The van der Waals surface area contributed by atoms with E-state index in [-0.39, 0.29) is 11.9 Å². The SMILES string of the molecule is Cc1ccc(NC(=O)C(N)CC2CCCCC2)c(C)c1. The molecular formula is C17H26N2O. The van der Waals surface area contributed by atoms with Crippen LogP contribution in [-0.2, 0) is 4.79 Å². The normalized spacial score (nSPS) is 17.8. The maximum Gasteiger partial charge on any atom is 0.241 e. The fraction of sp³-hybridized carbons (Fsp3) is 0.588. The van der Waals surface area contributed by atoms with Gasteiger partial charge in [-0.2, -0.15) is 0 Å². The number of nitrogens with one attached hydrogen (secondary N) is 1. The second kappa shape index (κ2) is 6.89. The van der Waals surface area contributed by atoms with E-state index in [1.165, 1.54) is 37.7 Å². The molecule has 1 atom stereocenters. The van der Waals surface area contributed by atoms with Crippen LogP contribution in [0.3, 0.4) is 0 Å². The summed E-state index contributed by atoms with van der Waals surface area (Å²) in [5.74, 6) is 0.575. The number of carbonyl (C=O) groups is 1. The van der Waals surface area contributed by atoms with Crippen molar-refractivity contribution in [2.24, 2.45) is 11.7 Å². The van der Waals surface area contributed by atoms with Gasteiger partial charge in [0.15, 0.2) is 0 Å². The Morgan fingerprint density at radius 3 is 2.65 bits per heavy atom. The number of benzene rings is 1. The van der Waals surface area contributed by atoms with Crippen LogP contribution in [0.1, 0.15) is 49.7 Å². The summed E-state index contributed by atoms with van der Waals surface area (Å²) in [5, 5.41) is 2.96. The molecule has 1 fully saturated rings. The lowest BCUT2D eigenvalue weighted by molar-refractivity contribution is -0.117. The second-order valence-electron chi connectivity index (χ2n) is 6.15. The summed E-state index contributed by atoms with van der Waals surface area (Å²) in [4.78, 5) is 12.2. The minimum absolute atomic E-state index is 0.0532. The van der Waals surface area contributed by atoms with Crippen LogP contribution in [0.4, 0.5) is 5.69 Å². The van der Waals surface area contributed by atoms with Crippen LogP contribution in [-0.4, -0.2) is 11.9 Å². The highest BCUT2D eigenvalue weighted by atomic mass is 16.2. The molecule has 0 bridgehead atoms. The van der Waals surface area contributed by atoms with Crippen LogP contribution in [0.25, 0.3) is 0 Å². The topological polar surface area (TPSA) is 55.1 Å². The lowest BCUT2D eigenvalue weighted by Gasteiger charge is -2.24. The van der Waals surface area contributed by atoms with Gasteiger partial charge in [-0.1, -0.05) is 49.8 Å². The molecule has 1 aliphatic carbocycles. The lowest BCUT2D eigenvalue weighted by Crippen LogP contribution is -2.37. The Kier molecular flexibility index (Phi) is 5.18. The van der Waals surface area contributed by atoms with Crippen LogP contribution < -0.4 is 11.1 Å². The number of hydrogen-bond acceptors (Lipinski definition) is 2. The van der Waals surface area contributed by atoms with Crippen LogP contribution >= 0.6 is 0 Å². The van der Waals surface area contributed by atoms with E-state index in [1.807, 2.05) is 26.0 Å². The molecule has 1 aliphatic rings. The van der Waals surface area contributed by atoms with Gasteiger partial charge in [0.1, 0.15) is 0 Å². The summed E-state index contributed by atoms with van der Waals surface area (Å²) < 4.78 is 0. The van der Waals surface area contributed by atoms with Crippen LogP contribution in [0.2, 0.25) is 0 Å². The molecule has 0 radical (unpaired) electrons. The Balaban J connectivity index is 1.89. The molecular weight excluding hydrogens is 248 g/mol. The molecule has 0 aliphatic heterocycles. The van der Waals surface area contributed by atoms with Crippen molar-refractivity contribution in [1.29, 1.82) is 0 Å². The van der Waals surface area contributed by atoms with Crippen molar-refractivity contribution in [3.63, 3.8) is 0 Å². The number of anilines is 1. The van der Waals surface area contributed by atoms with E-state index in [2.05, 4.69) is 11.4 Å². The zero-order chi connectivity index (χ0) is 14.5. The zero-order valence-corrected chi connectivity index (χ0v) is 12.6. The molecule has 1 amide bonds. The van der Waals surface area contributed by atoms with Crippen LogP contribution in [0.15, 0.2) is 18.2 Å². The summed E-state index contributed by atoms with van der Waals surface area (Å²) in [5.41, 5.74) is 9.23. The highest BCUT2D eigenvalue weighted by molar-refractivity contribution is 5.95. The van der Waals surface area contributed by atoms with E-state index < -0.39 is 0 Å². The quantitative estimate of drug-likeness (QED) is 0.882. The standard InChI is InChI=1S/C17H26N2O/c1-12-8-9-16(13(2)10-12)19-17(20)15(18)11-14-6-4-3-5-7-14/h8-10,14-15H,3-7,11,18H2,1-2H3,(H,19,20). The van der Waals surface area contributed by atoms with Gasteiger partial charge in [-0.25, -0.2) is 0 Å². The summed E-state index contributed by atoms with van der Waals surface area (Å²) in [6.45, 7) is 4.06. The first-order chi connectivity index (χ1) is 9.56. The number of hydrogen-bond donors (Lipinski definition) is 2. The van der Waals surface area contributed by atoms with Gasteiger partial charge >= 0.3 is 0 Å². The largest absolute Gasteiger partial charge is 0.324 e. The van der Waals surface area contributed by atoms with E-state index in [4.69, 9.17) is 5.73 Å². The van der Waals surface area contributed by atoms with Crippen molar-refractivity contribution in [3.8, 4) is 0 Å². The molecule has 110 valence electrons. The van der Waals surface area contributed by atoms with E-state index in [9.17, 15) is 4.79 Å². The lowest BCUT2D eigenvalue weighted by atomic mass is 9.85. The minimum Gasteiger partial charge on any atom is -0.324 e. The van der Waals surface area contributed by atoms with Crippen molar-refractivity contribution in [3.05, 3.63) is 29.3 Å². The molecule has 0 spiro atoms. The molecule has 0 saturated heterocycles. The van der Waals surface area contributed by atoms with E-state index in [0.717, 1.165) is 17.7 Å². The maximum atomic E-state index is 12.2. The molecule has 3 nitrogen and oxygen atoms in total. The highest BCUT2D eigenvalue weighted by Crippen LogP contribution is 2.27. The molecule has 1 aromatic carbocycles. The Morgan fingerprint density at radius 2 is 2.00 bits per heavy atom. The molecule has 2 rings (SSSR count). The molecule has 0 heterocycles. The van der Waals surface area contributed by atoms with Gasteiger partial charge in [0.25, 0.3) is 0 Å². The average Bonchev–Trinajstić information content (AvgIpc) is 2.43. The number of rotatable bonds is 4. The van der Waals surface area contributed by atoms with Gasteiger partial charge < -0.3 is 11.1 Å². The van der Waals surface area contributed by atoms with Crippen molar-refractivity contribution < 1.29 is 4.79 Å². The predicted octanol–water partition coefficient (Wildman–Crippen LogP) is 3.54. The zero-order valence-electron chi connectivity index (χ0n) is 12.6. The summed E-state index contributed by atoms with van der Waals surface area (Å²) in [6.07, 6.45) is 7.18. The molecule has 0 aromatic heterocycles. The van der Waals surface area contributed by atoms with Crippen molar-refractivity contribution in [2.75, 3.05) is 5.32 Å². The molecule has 1 saturated carbocycles. The highest BCUT2D eigenvalue weighted by Gasteiger charge is 2.21. The maximum absolute atomic E-state index is 12.2. The first-order valence-corrected chi connectivity index (χ1v) is 7.70. The van der Waals surface area contributed by atoms with E-state index >= 15 is 0 Å². The second-order valence-corrected chi connectivity index (χ2v) is 6.15. The number of aryl methyl sites for hydroxylation is 2. The molecule has 3 N–H and O–H groups in total. The third-order valence-corrected chi connectivity index (χ3v) is 4.29. The van der Waals surface area contributed by atoms with Gasteiger partial charge in [0.05, 0.1) is 6.04 Å². The predicted molar refractivity (Wildman–Crippen MR) is 83.7 cm³/mol. The van der Waals surface area contributed by atoms with Gasteiger partial charge in [0, 0.05) is 5.69 Å². The molecule has 3 heteroatoms. The molecule has 1 unspecified atom stereocenters. The third-order valence-electron chi connectivity index (χ3n) is 4.29. The van der Waals surface area contributed by atoms with Crippen molar-refractivity contribution in [1.82, 2.24) is 0 Å². The fourth-order valence-electron chi connectivity index (χ4n) is 3.07. The Bertz CT molecular complexity index is 464. The van der Waals surface area contributed by atoms with Gasteiger partial charge in [-0.05, 0) is 37.8 Å². The Hall–Kier alpha value is -1.35. The number of nitrogens with two attached hydrogens (primary N) is 1. The van der Waals surface area contributed by atoms with Crippen LogP contribution in [0, 0.1) is 19.8 Å². The summed E-state index contributed by atoms with van der Waals surface area (Å²) >= 11 is 0. The Labute approximate surface area is 121 Å². The van der Waals surface area contributed by atoms with Gasteiger partial charge in [-0.3, -0.25) is 4.79 Å². The van der Waals surface area contributed by atoms with Crippen LogP contribution in [0.5, 0.6) is 0 Å². The van der Waals surface area contributed by atoms with E-state index in [0.29, 0.717) is 5.92 Å². The first kappa shape index (κ1) is 15.0. The summed E-state index contributed by atoms with van der Waals surface area (Å²) in [6, 6.07) is 5.65. The summed E-state index contributed by atoms with van der Waals surface area (Å²) in [7, 11) is 0. The van der Waals surface area contributed by atoms with Gasteiger partial charge in [-0.15, -0.1) is 0 Å². The third kappa shape index (κ3) is 4.07. The fourth-order valence-corrected chi connectivity index (χ4v) is 3.07. The number of amides is 1. The smallest absolute Gasteiger partial charge is 0.241 e. The molecule has 1 aromatic rings.